The average Bonchev–Trinajstić information content (AvgIpc) is 2.61. The van der Waals surface area contributed by atoms with Crippen LogP contribution in [-0.2, 0) is 0 Å². The molecule has 0 bridgehead atoms. The summed E-state index contributed by atoms with van der Waals surface area (Å²) in [5.74, 6) is 0. The summed E-state index contributed by atoms with van der Waals surface area (Å²) < 4.78 is 0. The summed E-state index contributed by atoms with van der Waals surface area (Å²) in [7, 11) is 0. The summed E-state index contributed by atoms with van der Waals surface area (Å²) in [6, 6.07) is 9.31. The zero-order valence-electron chi connectivity index (χ0n) is 7.19. The highest BCUT2D eigenvalue weighted by Gasteiger charge is 2.08. The second-order valence-electron chi connectivity index (χ2n) is 2.74. The number of carbonyl (C=O) groups is 1. The van der Waals surface area contributed by atoms with Gasteiger partial charge in [-0.15, -0.1) is 0 Å². The molecule has 14 heavy (non-hydrogen) atoms. The molecule has 1 N–H and O–H groups in total. The van der Waals surface area contributed by atoms with Gasteiger partial charge in [0.15, 0.2) is 6.29 Å². The molecule has 0 aliphatic heterocycles. The molecular formula is C10H7NO2S. The van der Waals surface area contributed by atoms with E-state index in [0.717, 1.165) is 16.9 Å². The molecule has 0 saturated heterocycles. The van der Waals surface area contributed by atoms with E-state index < -0.39 is 0 Å². The van der Waals surface area contributed by atoms with Crippen molar-refractivity contribution in [1.82, 2.24) is 4.98 Å². The van der Waals surface area contributed by atoms with Crippen molar-refractivity contribution in [3.8, 4) is 11.3 Å². The van der Waals surface area contributed by atoms with Crippen molar-refractivity contribution in [3.63, 3.8) is 0 Å². The van der Waals surface area contributed by atoms with Crippen LogP contribution >= 0.6 is 11.3 Å². The standard InChI is InChI=1S/C10H7NO2S/c12-6-8-9(11-10(13)14-8)7-4-2-1-3-5-7/h1-6H,(H,11,13). The van der Waals surface area contributed by atoms with Crippen molar-refractivity contribution in [1.29, 1.82) is 0 Å². The van der Waals surface area contributed by atoms with Gasteiger partial charge < -0.3 is 4.98 Å². The largest absolute Gasteiger partial charge is 0.312 e. The van der Waals surface area contributed by atoms with Crippen molar-refractivity contribution >= 4 is 17.6 Å². The Hall–Kier alpha value is -1.68. The van der Waals surface area contributed by atoms with Crippen molar-refractivity contribution in [2.45, 2.75) is 0 Å². The number of nitrogens with one attached hydrogen (secondary N) is 1. The average molecular weight is 205 g/mol. The predicted octanol–water partition coefficient (Wildman–Crippen LogP) is 1.92. The van der Waals surface area contributed by atoms with E-state index in [4.69, 9.17) is 0 Å². The Morgan fingerprint density at radius 2 is 1.93 bits per heavy atom. The highest BCUT2D eigenvalue weighted by atomic mass is 32.1. The van der Waals surface area contributed by atoms with Crippen LogP contribution in [0.4, 0.5) is 0 Å². The summed E-state index contributed by atoms with van der Waals surface area (Å²) in [4.78, 5) is 24.6. The molecule has 1 aromatic heterocycles. The third-order valence-electron chi connectivity index (χ3n) is 1.85. The fourth-order valence-corrected chi connectivity index (χ4v) is 1.91. The number of thiazole rings is 1. The van der Waals surface area contributed by atoms with Crippen LogP contribution in [0.15, 0.2) is 35.1 Å². The maximum Gasteiger partial charge on any atom is 0.305 e. The number of aromatic amines is 1. The van der Waals surface area contributed by atoms with E-state index in [1.54, 1.807) is 0 Å². The maximum atomic E-state index is 11.0. The van der Waals surface area contributed by atoms with Crippen molar-refractivity contribution < 1.29 is 4.79 Å². The molecule has 0 saturated carbocycles. The lowest BCUT2D eigenvalue weighted by Gasteiger charge is -1.96. The summed E-state index contributed by atoms with van der Waals surface area (Å²) in [6.07, 6.45) is 0.699. The van der Waals surface area contributed by atoms with Gasteiger partial charge in [-0.05, 0) is 5.56 Å². The van der Waals surface area contributed by atoms with Gasteiger partial charge in [0, 0.05) is 0 Å². The van der Waals surface area contributed by atoms with E-state index >= 15 is 0 Å². The highest BCUT2D eigenvalue weighted by Crippen LogP contribution is 2.20. The normalized spacial score (nSPS) is 10.0. The first kappa shape index (κ1) is 8.90. The number of hydrogen-bond acceptors (Lipinski definition) is 3. The molecule has 0 radical (unpaired) electrons. The minimum atomic E-state index is -0.203. The van der Waals surface area contributed by atoms with Gasteiger partial charge in [-0.3, -0.25) is 9.59 Å². The van der Waals surface area contributed by atoms with Gasteiger partial charge in [0.2, 0.25) is 0 Å². The molecule has 4 heteroatoms. The van der Waals surface area contributed by atoms with Gasteiger partial charge >= 0.3 is 4.87 Å². The fourth-order valence-electron chi connectivity index (χ4n) is 1.24. The first-order chi connectivity index (χ1) is 6.81. The van der Waals surface area contributed by atoms with Crippen LogP contribution in [0, 0.1) is 0 Å². The van der Waals surface area contributed by atoms with E-state index in [1.807, 2.05) is 30.3 Å². The zero-order chi connectivity index (χ0) is 9.97. The minimum Gasteiger partial charge on any atom is -0.312 e. The number of aldehydes is 1. The quantitative estimate of drug-likeness (QED) is 0.761. The highest BCUT2D eigenvalue weighted by molar-refractivity contribution is 7.11. The molecule has 1 heterocycles. The van der Waals surface area contributed by atoms with Gasteiger partial charge in [0.25, 0.3) is 0 Å². The third-order valence-corrected chi connectivity index (χ3v) is 2.65. The van der Waals surface area contributed by atoms with Gasteiger partial charge in [0.1, 0.15) is 0 Å². The Morgan fingerprint density at radius 1 is 1.21 bits per heavy atom. The Kier molecular flexibility index (Phi) is 2.28. The second kappa shape index (κ2) is 3.59. The molecule has 3 nitrogen and oxygen atoms in total. The molecule has 1 aromatic carbocycles. The van der Waals surface area contributed by atoms with Gasteiger partial charge in [-0.2, -0.15) is 0 Å². The Bertz CT molecular complexity index is 498. The summed E-state index contributed by atoms with van der Waals surface area (Å²) in [5, 5.41) is 0. The molecule has 0 aliphatic rings. The number of H-pyrrole nitrogens is 1. The van der Waals surface area contributed by atoms with Crippen LogP contribution in [0.2, 0.25) is 0 Å². The molecule has 0 atom stereocenters. The van der Waals surface area contributed by atoms with Gasteiger partial charge in [-0.1, -0.05) is 41.7 Å². The van der Waals surface area contributed by atoms with Crippen molar-refractivity contribution in [3.05, 3.63) is 44.9 Å². The minimum absolute atomic E-state index is 0.203. The van der Waals surface area contributed by atoms with Crippen molar-refractivity contribution in [2.75, 3.05) is 0 Å². The van der Waals surface area contributed by atoms with E-state index in [-0.39, 0.29) is 4.87 Å². The Balaban J connectivity index is 2.62. The lowest BCUT2D eigenvalue weighted by Crippen LogP contribution is -1.92. The molecule has 0 fully saturated rings. The van der Waals surface area contributed by atoms with Crippen molar-refractivity contribution in [2.24, 2.45) is 0 Å². The number of carbonyl (C=O) groups excluding carboxylic acids is 1. The first-order valence-electron chi connectivity index (χ1n) is 4.05. The van der Waals surface area contributed by atoms with Crippen LogP contribution in [-0.4, -0.2) is 11.3 Å². The smallest absolute Gasteiger partial charge is 0.305 e. The number of rotatable bonds is 2. The molecule has 70 valence electrons. The first-order valence-corrected chi connectivity index (χ1v) is 4.86. The fraction of sp³-hybridized carbons (Fsp3) is 0. The lowest BCUT2D eigenvalue weighted by atomic mass is 10.1. The van der Waals surface area contributed by atoms with E-state index in [9.17, 15) is 9.59 Å². The predicted molar refractivity (Wildman–Crippen MR) is 55.8 cm³/mol. The molecule has 0 unspecified atom stereocenters. The summed E-state index contributed by atoms with van der Waals surface area (Å²) >= 11 is 0.930. The summed E-state index contributed by atoms with van der Waals surface area (Å²) in [5.41, 5.74) is 1.46. The number of aromatic nitrogens is 1. The Labute approximate surface area is 84.0 Å². The van der Waals surface area contributed by atoms with Crippen LogP contribution in [0.1, 0.15) is 9.67 Å². The van der Waals surface area contributed by atoms with E-state index in [0.29, 0.717) is 16.9 Å². The monoisotopic (exact) mass is 205 g/mol. The van der Waals surface area contributed by atoms with Crippen LogP contribution in [0.25, 0.3) is 11.3 Å². The molecule has 2 aromatic rings. The van der Waals surface area contributed by atoms with Crippen LogP contribution in [0.5, 0.6) is 0 Å². The zero-order valence-corrected chi connectivity index (χ0v) is 8.01. The SMILES string of the molecule is O=Cc1sc(=O)[nH]c1-c1ccccc1. The lowest BCUT2D eigenvalue weighted by molar-refractivity contribution is 0.112. The number of benzene rings is 1. The van der Waals surface area contributed by atoms with Gasteiger partial charge in [0.05, 0.1) is 10.6 Å². The molecular weight excluding hydrogens is 198 g/mol. The van der Waals surface area contributed by atoms with Crippen LogP contribution in [0.3, 0.4) is 0 Å². The summed E-state index contributed by atoms with van der Waals surface area (Å²) in [6.45, 7) is 0. The number of hydrogen-bond donors (Lipinski definition) is 1. The maximum absolute atomic E-state index is 11.0. The van der Waals surface area contributed by atoms with E-state index in [1.165, 1.54) is 0 Å². The molecule has 0 spiro atoms. The van der Waals surface area contributed by atoms with E-state index in [2.05, 4.69) is 4.98 Å². The van der Waals surface area contributed by atoms with Crippen LogP contribution < -0.4 is 4.87 Å². The third kappa shape index (κ3) is 1.52. The second-order valence-corrected chi connectivity index (χ2v) is 3.75. The molecule has 0 amide bonds. The molecule has 0 aliphatic carbocycles. The van der Waals surface area contributed by atoms with Gasteiger partial charge in [-0.25, -0.2) is 0 Å². The molecule has 2 rings (SSSR count). The topological polar surface area (TPSA) is 49.9 Å². The Morgan fingerprint density at radius 3 is 2.57 bits per heavy atom.